The van der Waals surface area contributed by atoms with E-state index in [0.717, 1.165) is 31.4 Å². The van der Waals surface area contributed by atoms with E-state index in [-0.39, 0.29) is 17.6 Å². The Labute approximate surface area is 144 Å². The highest BCUT2D eigenvalue weighted by atomic mass is 32.2. The minimum absolute atomic E-state index is 0.0654. The zero-order chi connectivity index (χ0) is 17.2. The highest BCUT2D eigenvalue weighted by Crippen LogP contribution is 2.26. The van der Waals surface area contributed by atoms with Gasteiger partial charge in [-0.1, -0.05) is 13.0 Å². The van der Waals surface area contributed by atoms with Crippen molar-refractivity contribution in [3.8, 4) is 0 Å². The Bertz CT molecular complexity index is 715. The molecule has 0 radical (unpaired) electrons. The smallest absolute Gasteiger partial charge is 0.228 e. The maximum atomic E-state index is 12.6. The molecular formula is C18H26N2O3S. The van der Waals surface area contributed by atoms with Crippen LogP contribution in [0.4, 0.5) is 5.69 Å². The Morgan fingerprint density at radius 1 is 1.25 bits per heavy atom. The summed E-state index contributed by atoms with van der Waals surface area (Å²) in [6, 6.07) is 6.11. The fourth-order valence-corrected chi connectivity index (χ4v) is 5.28. The summed E-state index contributed by atoms with van der Waals surface area (Å²) in [5.41, 5.74) is 3.53. The number of fused-ring (bicyclic) bond motifs is 1. The summed E-state index contributed by atoms with van der Waals surface area (Å²) < 4.78 is 26.0. The van der Waals surface area contributed by atoms with Gasteiger partial charge in [-0.2, -0.15) is 0 Å². The maximum Gasteiger partial charge on any atom is 0.228 e. The molecule has 1 heterocycles. The standard InChI is InChI=1S/C18H26N2O3S/c1-2-11-24(22,23)20-10-4-7-16(13-20)18(21)19-17-9-8-14-5-3-6-15(14)12-17/h8-9,12,16H,2-7,10-11,13H2,1H3,(H,19,21)/t16-/m0/s1. The Morgan fingerprint density at radius 2 is 2.04 bits per heavy atom. The van der Waals surface area contributed by atoms with Gasteiger partial charge >= 0.3 is 0 Å². The predicted octanol–water partition coefficient (Wildman–Crippen LogP) is 2.57. The molecule has 1 amide bonds. The quantitative estimate of drug-likeness (QED) is 0.887. The van der Waals surface area contributed by atoms with Crippen LogP contribution in [0.3, 0.4) is 0 Å². The lowest BCUT2D eigenvalue weighted by molar-refractivity contribution is -0.120. The summed E-state index contributed by atoms with van der Waals surface area (Å²) in [5, 5.41) is 2.98. The van der Waals surface area contributed by atoms with Crippen molar-refractivity contribution >= 4 is 21.6 Å². The number of rotatable bonds is 5. The zero-order valence-electron chi connectivity index (χ0n) is 14.3. The number of carbonyl (C=O) groups is 1. The second-order valence-corrected chi connectivity index (χ2v) is 8.93. The molecule has 0 spiro atoms. The summed E-state index contributed by atoms with van der Waals surface area (Å²) in [6.45, 7) is 2.70. The zero-order valence-corrected chi connectivity index (χ0v) is 15.1. The van der Waals surface area contributed by atoms with Crippen LogP contribution in [0, 0.1) is 5.92 Å². The number of benzene rings is 1. The van der Waals surface area contributed by atoms with E-state index in [1.165, 1.54) is 21.9 Å². The van der Waals surface area contributed by atoms with Crippen molar-refractivity contribution in [3.63, 3.8) is 0 Å². The molecule has 1 atom stereocenters. The van der Waals surface area contributed by atoms with E-state index in [1.807, 2.05) is 13.0 Å². The average molecular weight is 350 g/mol. The van der Waals surface area contributed by atoms with Crippen molar-refractivity contribution in [1.29, 1.82) is 0 Å². The second kappa shape index (κ2) is 7.23. The number of nitrogens with zero attached hydrogens (tertiary/aromatic N) is 1. The van der Waals surface area contributed by atoms with Crippen LogP contribution in [0.5, 0.6) is 0 Å². The van der Waals surface area contributed by atoms with Crippen LogP contribution in [-0.4, -0.2) is 37.5 Å². The van der Waals surface area contributed by atoms with Gasteiger partial charge in [0.1, 0.15) is 0 Å². The van der Waals surface area contributed by atoms with E-state index in [1.54, 1.807) is 0 Å². The first kappa shape index (κ1) is 17.4. The fraction of sp³-hybridized carbons (Fsp3) is 0.611. The molecule has 0 aromatic heterocycles. The molecule has 1 aliphatic heterocycles. The van der Waals surface area contributed by atoms with Crippen LogP contribution in [0.15, 0.2) is 18.2 Å². The van der Waals surface area contributed by atoms with Crippen LogP contribution >= 0.6 is 0 Å². The minimum atomic E-state index is -3.23. The Balaban J connectivity index is 1.64. The molecule has 1 aliphatic carbocycles. The lowest BCUT2D eigenvalue weighted by Gasteiger charge is -2.31. The highest BCUT2D eigenvalue weighted by Gasteiger charge is 2.31. The monoisotopic (exact) mass is 350 g/mol. The third-order valence-electron chi connectivity index (χ3n) is 4.98. The number of amides is 1. The van der Waals surface area contributed by atoms with Crippen molar-refractivity contribution in [2.45, 2.75) is 45.4 Å². The van der Waals surface area contributed by atoms with E-state index in [9.17, 15) is 13.2 Å². The van der Waals surface area contributed by atoms with Crippen LogP contribution in [0.2, 0.25) is 0 Å². The molecule has 2 aliphatic rings. The van der Waals surface area contributed by atoms with Gasteiger partial charge in [0.2, 0.25) is 15.9 Å². The molecule has 1 fully saturated rings. The van der Waals surface area contributed by atoms with Crippen molar-refractivity contribution in [2.75, 3.05) is 24.2 Å². The Hall–Kier alpha value is -1.40. The van der Waals surface area contributed by atoms with E-state index in [4.69, 9.17) is 0 Å². The van der Waals surface area contributed by atoms with Gasteiger partial charge in [-0.05, 0) is 61.8 Å². The minimum Gasteiger partial charge on any atom is -0.326 e. The summed E-state index contributed by atoms with van der Waals surface area (Å²) in [4.78, 5) is 12.6. The number of piperidine rings is 1. The number of sulfonamides is 1. The number of carbonyl (C=O) groups excluding carboxylic acids is 1. The lowest BCUT2D eigenvalue weighted by Crippen LogP contribution is -2.44. The number of hydrogen-bond acceptors (Lipinski definition) is 3. The summed E-state index contributed by atoms with van der Waals surface area (Å²) in [5.74, 6) is -0.172. The van der Waals surface area contributed by atoms with Gasteiger partial charge < -0.3 is 5.32 Å². The first-order valence-electron chi connectivity index (χ1n) is 8.90. The molecule has 0 bridgehead atoms. The molecule has 3 rings (SSSR count). The van der Waals surface area contributed by atoms with Crippen molar-refractivity contribution < 1.29 is 13.2 Å². The van der Waals surface area contributed by atoms with Crippen LogP contribution < -0.4 is 5.32 Å². The average Bonchev–Trinajstić information content (AvgIpc) is 3.02. The van der Waals surface area contributed by atoms with Gasteiger partial charge in [-0.15, -0.1) is 0 Å². The van der Waals surface area contributed by atoms with Crippen LogP contribution in [-0.2, 0) is 27.7 Å². The van der Waals surface area contributed by atoms with E-state index >= 15 is 0 Å². The molecule has 132 valence electrons. The first-order valence-corrected chi connectivity index (χ1v) is 10.5. The van der Waals surface area contributed by atoms with Gasteiger partial charge in [-0.25, -0.2) is 12.7 Å². The molecule has 0 saturated carbocycles. The molecule has 0 unspecified atom stereocenters. The van der Waals surface area contributed by atoms with Crippen molar-refractivity contribution in [1.82, 2.24) is 4.31 Å². The van der Waals surface area contributed by atoms with Gasteiger partial charge in [0.25, 0.3) is 0 Å². The summed E-state index contributed by atoms with van der Waals surface area (Å²) in [7, 11) is -3.23. The third kappa shape index (κ3) is 3.81. The fourth-order valence-electron chi connectivity index (χ4n) is 3.69. The SMILES string of the molecule is CCCS(=O)(=O)N1CCC[C@H](C(=O)Nc2ccc3c(c2)CCC3)C1. The molecule has 1 aromatic carbocycles. The largest absolute Gasteiger partial charge is 0.326 e. The van der Waals surface area contributed by atoms with Gasteiger partial charge in [-0.3, -0.25) is 4.79 Å². The van der Waals surface area contributed by atoms with E-state index in [2.05, 4.69) is 17.4 Å². The van der Waals surface area contributed by atoms with Gasteiger partial charge in [0.15, 0.2) is 0 Å². The first-order chi connectivity index (χ1) is 11.5. The van der Waals surface area contributed by atoms with Crippen molar-refractivity contribution in [2.24, 2.45) is 5.92 Å². The van der Waals surface area contributed by atoms with Crippen molar-refractivity contribution in [3.05, 3.63) is 29.3 Å². The van der Waals surface area contributed by atoms with Gasteiger partial charge in [0, 0.05) is 18.8 Å². The van der Waals surface area contributed by atoms with Gasteiger partial charge in [0.05, 0.1) is 11.7 Å². The van der Waals surface area contributed by atoms with Crippen LogP contribution in [0.25, 0.3) is 0 Å². The normalized spacial score (nSPS) is 21.5. The predicted molar refractivity (Wildman–Crippen MR) is 95.5 cm³/mol. The topological polar surface area (TPSA) is 66.5 Å². The Morgan fingerprint density at radius 3 is 2.83 bits per heavy atom. The molecule has 1 saturated heterocycles. The number of nitrogens with one attached hydrogen (secondary N) is 1. The molecule has 6 heteroatoms. The lowest BCUT2D eigenvalue weighted by atomic mass is 9.98. The van der Waals surface area contributed by atoms with E-state index in [0.29, 0.717) is 19.5 Å². The highest BCUT2D eigenvalue weighted by molar-refractivity contribution is 7.89. The molecule has 1 aromatic rings. The maximum absolute atomic E-state index is 12.6. The number of aryl methyl sites for hydroxylation is 2. The van der Waals surface area contributed by atoms with Crippen LogP contribution in [0.1, 0.15) is 43.7 Å². The molecule has 24 heavy (non-hydrogen) atoms. The number of anilines is 1. The molecule has 1 N–H and O–H groups in total. The number of hydrogen-bond donors (Lipinski definition) is 1. The van der Waals surface area contributed by atoms with E-state index < -0.39 is 10.0 Å². The third-order valence-corrected chi connectivity index (χ3v) is 7.02. The summed E-state index contributed by atoms with van der Waals surface area (Å²) in [6.07, 6.45) is 5.46. The molecule has 5 nitrogen and oxygen atoms in total. The summed E-state index contributed by atoms with van der Waals surface area (Å²) >= 11 is 0. The Kier molecular flexibility index (Phi) is 5.25. The second-order valence-electron chi connectivity index (χ2n) is 6.84. The molecular weight excluding hydrogens is 324 g/mol.